The summed E-state index contributed by atoms with van der Waals surface area (Å²) in [4.78, 5) is 1.61. The average Bonchev–Trinajstić information content (AvgIpc) is 3.19. The van der Waals surface area contributed by atoms with Crippen LogP contribution in [0.5, 0.6) is 0 Å². The smallest absolute Gasteiger partial charge is 0.149 e. The van der Waals surface area contributed by atoms with E-state index in [0.717, 1.165) is 19.3 Å². The molecule has 0 radical (unpaired) electrons. The maximum atomic E-state index is 14.2. The summed E-state index contributed by atoms with van der Waals surface area (Å²) in [5.74, 6) is -1.07. The van der Waals surface area contributed by atoms with Crippen molar-refractivity contribution >= 4 is 5.69 Å². The molecular formula is C15H20F2N2O. The largest absolute Gasteiger partial charge is 0.391 e. The lowest BCUT2D eigenvalue weighted by molar-refractivity contribution is 0.153. The summed E-state index contributed by atoms with van der Waals surface area (Å²) in [6, 6.07) is 3.31. The third-order valence-corrected chi connectivity index (χ3v) is 3.96. The van der Waals surface area contributed by atoms with E-state index in [0.29, 0.717) is 37.7 Å². The Hall–Kier alpha value is -1.20. The standard InChI is InChI=1S/C15H20F2N2O/c16-13-6-10(8-18-11-3-4-11)7-14(17)15(13)19-5-1-2-12(20)9-19/h6-7,11-12,18,20H,1-5,8-9H2. The highest BCUT2D eigenvalue weighted by molar-refractivity contribution is 5.51. The minimum atomic E-state index is -0.535. The molecule has 1 aromatic carbocycles. The number of hydrogen-bond acceptors (Lipinski definition) is 3. The Bertz CT molecular complexity index is 468. The van der Waals surface area contributed by atoms with Crippen molar-refractivity contribution in [2.24, 2.45) is 0 Å². The molecule has 1 saturated heterocycles. The van der Waals surface area contributed by atoms with Crippen molar-refractivity contribution in [1.29, 1.82) is 0 Å². The van der Waals surface area contributed by atoms with Crippen LogP contribution < -0.4 is 10.2 Å². The number of aliphatic hydroxyl groups is 1. The van der Waals surface area contributed by atoms with Crippen LogP contribution in [-0.4, -0.2) is 30.3 Å². The number of hydrogen-bond donors (Lipinski definition) is 2. The van der Waals surface area contributed by atoms with E-state index >= 15 is 0 Å². The molecule has 0 spiro atoms. The van der Waals surface area contributed by atoms with Crippen molar-refractivity contribution in [1.82, 2.24) is 5.32 Å². The molecule has 0 aromatic heterocycles. The van der Waals surface area contributed by atoms with E-state index in [-0.39, 0.29) is 5.69 Å². The van der Waals surface area contributed by atoms with Gasteiger partial charge in [-0.2, -0.15) is 0 Å². The number of nitrogens with zero attached hydrogens (tertiary/aromatic N) is 1. The van der Waals surface area contributed by atoms with Crippen molar-refractivity contribution in [3.63, 3.8) is 0 Å². The quantitative estimate of drug-likeness (QED) is 0.888. The van der Waals surface area contributed by atoms with Gasteiger partial charge in [-0.25, -0.2) is 8.78 Å². The van der Waals surface area contributed by atoms with Gasteiger partial charge >= 0.3 is 0 Å². The Labute approximate surface area is 117 Å². The highest BCUT2D eigenvalue weighted by atomic mass is 19.1. The van der Waals surface area contributed by atoms with Gasteiger partial charge in [-0.1, -0.05) is 0 Å². The summed E-state index contributed by atoms with van der Waals surface area (Å²) in [6.45, 7) is 1.39. The molecule has 1 atom stereocenters. The number of aliphatic hydroxyl groups excluding tert-OH is 1. The Morgan fingerprint density at radius 1 is 1.20 bits per heavy atom. The predicted molar refractivity (Wildman–Crippen MR) is 73.7 cm³/mol. The molecule has 1 unspecified atom stereocenters. The monoisotopic (exact) mass is 282 g/mol. The van der Waals surface area contributed by atoms with E-state index in [1.165, 1.54) is 12.1 Å². The molecular weight excluding hydrogens is 262 g/mol. The predicted octanol–water partition coefficient (Wildman–Crippen LogP) is 2.18. The number of piperidine rings is 1. The Kier molecular flexibility index (Phi) is 3.89. The molecule has 2 fully saturated rings. The van der Waals surface area contributed by atoms with Gasteiger partial charge in [-0.05, 0) is 43.4 Å². The first-order chi connectivity index (χ1) is 9.63. The van der Waals surface area contributed by atoms with Crippen LogP contribution in [-0.2, 0) is 6.54 Å². The van der Waals surface area contributed by atoms with Crippen molar-refractivity contribution in [2.75, 3.05) is 18.0 Å². The summed E-state index contributed by atoms with van der Waals surface area (Å²) in [5.41, 5.74) is 0.632. The van der Waals surface area contributed by atoms with Gasteiger partial charge in [0, 0.05) is 25.7 Å². The lowest BCUT2D eigenvalue weighted by Crippen LogP contribution is -2.39. The van der Waals surface area contributed by atoms with E-state index in [4.69, 9.17) is 0 Å². The van der Waals surface area contributed by atoms with Crippen LogP contribution in [0, 0.1) is 11.6 Å². The molecule has 20 heavy (non-hydrogen) atoms. The van der Waals surface area contributed by atoms with E-state index in [2.05, 4.69) is 5.32 Å². The first kappa shape index (κ1) is 13.8. The van der Waals surface area contributed by atoms with Crippen LogP contribution in [0.1, 0.15) is 31.2 Å². The van der Waals surface area contributed by atoms with E-state index in [9.17, 15) is 13.9 Å². The number of nitrogens with one attached hydrogen (secondary N) is 1. The zero-order valence-corrected chi connectivity index (χ0v) is 11.4. The van der Waals surface area contributed by atoms with Gasteiger partial charge in [0.1, 0.15) is 17.3 Å². The van der Waals surface area contributed by atoms with E-state index < -0.39 is 17.7 Å². The normalized spacial score (nSPS) is 23.1. The summed E-state index contributed by atoms with van der Waals surface area (Å²) >= 11 is 0. The molecule has 1 aromatic rings. The molecule has 1 aliphatic carbocycles. The zero-order chi connectivity index (χ0) is 14.1. The van der Waals surface area contributed by atoms with Crippen molar-refractivity contribution in [2.45, 2.75) is 44.4 Å². The third-order valence-electron chi connectivity index (χ3n) is 3.96. The first-order valence-electron chi connectivity index (χ1n) is 7.28. The van der Waals surface area contributed by atoms with Gasteiger partial charge in [-0.15, -0.1) is 0 Å². The van der Waals surface area contributed by atoms with Crippen LogP contribution in [0.25, 0.3) is 0 Å². The Morgan fingerprint density at radius 2 is 1.90 bits per heavy atom. The van der Waals surface area contributed by atoms with Crippen molar-refractivity contribution in [3.8, 4) is 0 Å². The molecule has 1 heterocycles. The Balaban J connectivity index is 1.76. The summed E-state index contributed by atoms with van der Waals surface area (Å²) < 4.78 is 28.3. The van der Waals surface area contributed by atoms with Crippen molar-refractivity contribution in [3.05, 3.63) is 29.3 Å². The fourth-order valence-electron chi connectivity index (χ4n) is 2.73. The topological polar surface area (TPSA) is 35.5 Å². The first-order valence-corrected chi connectivity index (χ1v) is 7.28. The molecule has 3 nitrogen and oxygen atoms in total. The van der Waals surface area contributed by atoms with Gasteiger partial charge in [0.2, 0.25) is 0 Å². The molecule has 0 bridgehead atoms. The molecule has 5 heteroatoms. The maximum Gasteiger partial charge on any atom is 0.149 e. The zero-order valence-electron chi connectivity index (χ0n) is 11.4. The summed E-state index contributed by atoms with van der Waals surface area (Å²) in [6.07, 6.45) is 3.25. The Morgan fingerprint density at radius 3 is 2.50 bits per heavy atom. The van der Waals surface area contributed by atoms with E-state index in [1.54, 1.807) is 4.90 Å². The van der Waals surface area contributed by atoms with Gasteiger partial charge in [0.25, 0.3) is 0 Å². The van der Waals surface area contributed by atoms with Crippen molar-refractivity contribution < 1.29 is 13.9 Å². The molecule has 2 N–H and O–H groups in total. The van der Waals surface area contributed by atoms with Gasteiger partial charge in [0.15, 0.2) is 0 Å². The summed E-state index contributed by atoms with van der Waals surface area (Å²) in [7, 11) is 0. The number of β-amino-alcohol motifs (C(OH)–C–C–N with tert-alkyl or cyclic N) is 1. The van der Waals surface area contributed by atoms with Crippen LogP contribution in [0.3, 0.4) is 0 Å². The average molecular weight is 282 g/mol. The number of anilines is 1. The van der Waals surface area contributed by atoms with Gasteiger partial charge in [-0.3, -0.25) is 0 Å². The summed E-state index contributed by atoms with van der Waals surface area (Å²) in [5, 5.41) is 12.9. The molecule has 3 rings (SSSR count). The molecule has 1 aliphatic heterocycles. The maximum absolute atomic E-state index is 14.2. The lowest BCUT2D eigenvalue weighted by Gasteiger charge is -2.32. The lowest BCUT2D eigenvalue weighted by atomic mass is 10.1. The van der Waals surface area contributed by atoms with Gasteiger partial charge in [0.05, 0.1) is 6.10 Å². The minimum absolute atomic E-state index is 0.000998. The van der Waals surface area contributed by atoms with Gasteiger partial charge < -0.3 is 15.3 Å². The fraction of sp³-hybridized carbons (Fsp3) is 0.600. The number of benzene rings is 1. The second-order valence-corrected chi connectivity index (χ2v) is 5.81. The number of rotatable bonds is 4. The third kappa shape index (κ3) is 3.10. The van der Waals surface area contributed by atoms with E-state index in [1.807, 2.05) is 0 Å². The number of halogens is 2. The van der Waals surface area contributed by atoms with Crippen LogP contribution >= 0.6 is 0 Å². The SMILES string of the molecule is OC1CCCN(c2c(F)cc(CNC3CC3)cc2F)C1. The molecule has 110 valence electrons. The molecule has 2 aliphatic rings. The minimum Gasteiger partial charge on any atom is -0.391 e. The molecule has 0 amide bonds. The highest BCUT2D eigenvalue weighted by Crippen LogP contribution is 2.28. The second kappa shape index (κ2) is 5.66. The second-order valence-electron chi connectivity index (χ2n) is 5.81. The van der Waals surface area contributed by atoms with Crippen LogP contribution in [0.15, 0.2) is 12.1 Å². The fourth-order valence-corrected chi connectivity index (χ4v) is 2.73. The van der Waals surface area contributed by atoms with Crippen LogP contribution in [0.2, 0.25) is 0 Å². The molecule has 1 saturated carbocycles. The highest BCUT2D eigenvalue weighted by Gasteiger charge is 2.24. The van der Waals surface area contributed by atoms with Crippen LogP contribution in [0.4, 0.5) is 14.5 Å².